The Kier molecular flexibility index (Phi) is 6.03. The predicted molar refractivity (Wildman–Crippen MR) is 102 cm³/mol. The molecule has 1 aliphatic rings. The normalized spacial score (nSPS) is 13.4. The van der Waals surface area contributed by atoms with Crippen molar-refractivity contribution < 1.29 is 24.2 Å². The van der Waals surface area contributed by atoms with Gasteiger partial charge in [-0.2, -0.15) is 0 Å². The average molecular weight is 382 g/mol. The van der Waals surface area contributed by atoms with Gasteiger partial charge in [-0.05, 0) is 36.6 Å². The van der Waals surface area contributed by atoms with E-state index in [1.807, 2.05) is 11.0 Å². The van der Waals surface area contributed by atoms with E-state index >= 15 is 0 Å². The molecule has 1 amide bonds. The van der Waals surface area contributed by atoms with Gasteiger partial charge in [0.2, 0.25) is 0 Å². The SMILES string of the molecule is COC(=O)CCC(=O)c1ncc(-c2cccc(C(=O)N3CCCC3)c2)cc1O. The first kappa shape index (κ1) is 19.5. The average Bonchev–Trinajstić information content (AvgIpc) is 3.26. The largest absolute Gasteiger partial charge is 0.506 e. The van der Waals surface area contributed by atoms with Crippen LogP contribution in [0.2, 0.25) is 0 Å². The Hall–Kier alpha value is -3.22. The highest BCUT2D eigenvalue weighted by Crippen LogP contribution is 2.27. The molecular formula is C21H22N2O5. The van der Waals surface area contributed by atoms with Crippen LogP contribution in [0.3, 0.4) is 0 Å². The molecule has 0 saturated carbocycles. The van der Waals surface area contributed by atoms with Gasteiger partial charge >= 0.3 is 5.97 Å². The van der Waals surface area contributed by atoms with Gasteiger partial charge in [0.1, 0.15) is 11.4 Å². The number of nitrogens with zero attached hydrogens (tertiary/aromatic N) is 2. The summed E-state index contributed by atoms with van der Waals surface area (Å²) in [6.07, 6.45) is 3.36. The number of carbonyl (C=O) groups excluding carboxylic acids is 3. The summed E-state index contributed by atoms with van der Waals surface area (Å²) >= 11 is 0. The van der Waals surface area contributed by atoms with Crippen LogP contribution in [0.4, 0.5) is 0 Å². The maximum atomic E-state index is 12.6. The molecule has 3 rings (SSSR count). The van der Waals surface area contributed by atoms with Crippen LogP contribution in [-0.4, -0.2) is 52.8 Å². The van der Waals surface area contributed by atoms with E-state index in [9.17, 15) is 19.5 Å². The van der Waals surface area contributed by atoms with Crippen LogP contribution in [-0.2, 0) is 9.53 Å². The molecule has 146 valence electrons. The quantitative estimate of drug-likeness (QED) is 0.610. The minimum absolute atomic E-state index is 0.00820. The lowest BCUT2D eigenvalue weighted by Crippen LogP contribution is -2.27. The zero-order valence-corrected chi connectivity index (χ0v) is 15.7. The number of likely N-dealkylation sites (tertiary alicyclic amines) is 1. The molecule has 0 aliphatic carbocycles. The van der Waals surface area contributed by atoms with Gasteiger partial charge in [0.25, 0.3) is 5.91 Å². The third-order valence-corrected chi connectivity index (χ3v) is 4.75. The van der Waals surface area contributed by atoms with Crippen LogP contribution in [0.25, 0.3) is 11.1 Å². The number of hydrogen-bond donors (Lipinski definition) is 1. The molecule has 0 radical (unpaired) electrons. The Bertz CT molecular complexity index is 903. The summed E-state index contributed by atoms with van der Waals surface area (Å²) in [5, 5.41) is 10.2. The first-order chi connectivity index (χ1) is 13.5. The number of Topliss-reactive ketones (excluding diaryl/α,β-unsaturated/α-hetero) is 1. The monoisotopic (exact) mass is 382 g/mol. The van der Waals surface area contributed by atoms with Crippen molar-refractivity contribution >= 4 is 17.7 Å². The summed E-state index contributed by atoms with van der Waals surface area (Å²) in [6.45, 7) is 1.54. The van der Waals surface area contributed by atoms with Gasteiger partial charge in [-0.3, -0.25) is 14.4 Å². The molecule has 0 bridgehead atoms. The van der Waals surface area contributed by atoms with Gasteiger partial charge in [-0.1, -0.05) is 12.1 Å². The summed E-state index contributed by atoms with van der Waals surface area (Å²) in [4.78, 5) is 41.8. The molecule has 1 saturated heterocycles. The molecule has 7 heteroatoms. The molecule has 0 atom stereocenters. The van der Waals surface area contributed by atoms with Crippen molar-refractivity contribution in [2.24, 2.45) is 0 Å². The van der Waals surface area contributed by atoms with E-state index in [0.717, 1.165) is 31.5 Å². The summed E-state index contributed by atoms with van der Waals surface area (Å²) in [5.41, 5.74) is 1.81. The van der Waals surface area contributed by atoms with Gasteiger partial charge in [0, 0.05) is 36.8 Å². The minimum atomic E-state index is -0.496. The number of aromatic hydroxyl groups is 1. The summed E-state index contributed by atoms with van der Waals surface area (Å²) < 4.78 is 4.51. The highest BCUT2D eigenvalue weighted by Gasteiger charge is 2.20. The van der Waals surface area contributed by atoms with Crippen LogP contribution in [0.5, 0.6) is 5.75 Å². The number of esters is 1. The number of pyridine rings is 1. The molecule has 0 unspecified atom stereocenters. The lowest BCUT2D eigenvalue weighted by atomic mass is 10.0. The van der Waals surface area contributed by atoms with Crippen molar-refractivity contribution in [2.45, 2.75) is 25.7 Å². The van der Waals surface area contributed by atoms with Gasteiger partial charge < -0.3 is 14.7 Å². The fourth-order valence-corrected chi connectivity index (χ4v) is 3.20. The number of carbonyl (C=O) groups is 3. The molecule has 1 N–H and O–H groups in total. The zero-order valence-electron chi connectivity index (χ0n) is 15.7. The standard InChI is InChI=1S/C21H22N2O5/c1-28-19(26)8-7-17(24)20-18(25)12-16(13-22-20)14-5-4-6-15(11-14)21(27)23-9-2-3-10-23/h4-6,11-13,25H,2-3,7-10H2,1H3. The van der Waals surface area contributed by atoms with Crippen LogP contribution in [0.1, 0.15) is 46.5 Å². The van der Waals surface area contributed by atoms with Crippen molar-refractivity contribution in [2.75, 3.05) is 20.2 Å². The number of benzene rings is 1. The highest BCUT2D eigenvalue weighted by molar-refractivity contribution is 5.99. The molecular weight excluding hydrogens is 360 g/mol. The number of ether oxygens (including phenoxy) is 1. The molecule has 28 heavy (non-hydrogen) atoms. The number of hydrogen-bond acceptors (Lipinski definition) is 6. The molecule has 1 aromatic carbocycles. The van der Waals surface area contributed by atoms with Gasteiger partial charge in [0.05, 0.1) is 13.5 Å². The Morgan fingerprint density at radius 3 is 2.54 bits per heavy atom. The first-order valence-electron chi connectivity index (χ1n) is 9.18. The van der Waals surface area contributed by atoms with Gasteiger partial charge in [0.15, 0.2) is 5.78 Å². The van der Waals surface area contributed by atoms with Crippen molar-refractivity contribution in [3.63, 3.8) is 0 Å². The Morgan fingerprint density at radius 2 is 1.86 bits per heavy atom. The fourth-order valence-electron chi connectivity index (χ4n) is 3.20. The van der Waals surface area contributed by atoms with E-state index in [2.05, 4.69) is 9.72 Å². The lowest BCUT2D eigenvalue weighted by Gasteiger charge is -2.15. The maximum absolute atomic E-state index is 12.6. The Morgan fingerprint density at radius 1 is 1.11 bits per heavy atom. The topological polar surface area (TPSA) is 96.8 Å². The van der Waals surface area contributed by atoms with E-state index < -0.39 is 11.8 Å². The molecule has 2 heterocycles. The number of amides is 1. The van der Waals surface area contributed by atoms with Crippen molar-refractivity contribution in [3.05, 3.63) is 47.8 Å². The molecule has 1 aromatic heterocycles. The Balaban J connectivity index is 1.78. The van der Waals surface area contributed by atoms with Crippen molar-refractivity contribution in [1.82, 2.24) is 9.88 Å². The number of methoxy groups -OCH3 is 1. The molecule has 1 fully saturated rings. The van der Waals surface area contributed by atoms with Crippen LogP contribution in [0.15, 0.2) is 36.5 Å². The number of ketones is 1. The third kappa shape index (κ3) is 4.36. The van der Waals surface area contributed by atoms with Crippen molar-refractivity contribution in [3.8, 4) is 16.9 Å². The lowest BCUT2D eigenvalue weighted by molar-refractivity contribution is -0.140. The molecule has 1 aliphatic heterocycles. The van der Waals surface area contributed by atoms with Crippen molar-refractivity contribution in [1.29, 1.82) is 0 Å². The molecule has 0 spiro atoms. The van der Waals surface area contributed by atoms with Crippen LogP contribution >= 0.6 is 0 Å². The van der Waals surface area contributed by atoms with E-state index in [4.69, 9.17) is 0 Å². The van der Waals surface area contributed by atoms with E-state index in [1.165, 1.54) is 19.4 Å². The number of aromatic nitrogens is 1. The first-order valence-corrected chi connectivity index (χ1v) is 9.18. The van der Waals surface area contributed by atoms with Crippen LogP contribution in [0, 0.1) is 0 Å². The van der Waals surface area contributed by atoms with Gasteiger partial charge in [-0.25, -0.2) is 4.98 Å². The maximum Gasteiger partial charge on any atom is 0.305 e. The predicted octanol–water partition coefficient (Wildman–Crippen LogP) is 2.83. The third-order valence-electron chi connectivity index (χ3n) is 4.75. The summed E-state index contributed by atoms with van der Waals surface area (Å²) in [5.74, 6) is -1.20. The van der Waals surface area contributed by atoms with E-state index in [1.54, 1.807) is 18.2 Å². The van der Waals surface area contributed by atoms with E-state index in [0.29, 0.717) is 11.1 Å². The highest BCUT2D eigenvalue weighted by atomic mass is 16.5. The van der Waals surface area contributed by atoms with E-state index in [-0.39, 0.29) is 30.2 Å². The Labute approximate surface area is 163 Å². The second-order valence-corrected chi connectivity index (χ2v) is 6.67. The fraction of sp³-hybridized carbons (Fsp3) is 0.333. The minimum Gasteiger partial charge on any atom is -0.506 e. The molecule has 2 aromatic rings. The van der Waals surface area contributed by atoms with Crippen LogP contribution < -0.4 is 0 Å². The smallest absolute Gasteiger partial charge is 0.305 e. The van der Waals surface area contributed by atoms with Gasteiger partial charge in [-0.15, -0.1) is 0 Å². The summed E-state index contributed by atoms with van der Waals surface area (Å²) in [7, 11) is 1.25. The molecule has 7 nitrogen and oxygen atoms in total. The second kappa shape index (κ2) is 8.65. The summed E-state index contributed by atoms with van der Waals surface area (Å²) in [6, 6.07) is 8.57. The number of rotatable bonds is 6. The zero-order chi connectivity index (χ0) is 20.1. The second-order valence-electron chi connectivity index (χ2n) is 6.67.